The second kappa shape index (κ2) is 17.6. The molecule has 6 heteroatoms. The summed E-state index contributed by atoms with van der Waals surface area (Å²) in [5.74, 6) is 2.03. The fourth-order valence-corrected chi connectivity index (χ4v) is 9.12. The number of anilines is 2. The molecule has 332 valence electrons. The average Bonchev–Trinajstić information content (AvgIpc) is 3.94. The number of allylic oxidation sites excluding steroid dienone is 1. The van der Waals surface area contributed by atoms with E-state index < -0.39 is 0 Å². The molecule has 66 heavy (non-hydrogen) atoms. The summed E-state index contributed by atoms with van der Waals surface area (Å²) in [4.78, 5) is 9.44. The average molecular weight is 1040 g/mol. The first-order valence-electron chi connectivity index (χ1n) is 22.4. The topological polar surface area (TPSA) is 33.5 Å². The largest absolute Gasteiger partial charge is 0.509 e. The minimum absolute atomic E-state index is 0. The smallest absolute Gasteiger partial charge is 0.135 e. The van der Waals surface area contributed by atoms with E-state index in [0.717, 1.165) is 44.7 Å². The third-order valence-electron chi connectivity index (χ3n) is 13.1. The van der Waals surface area contributed by atoms with Crippen LogP contribution in [0.2, 0.25) is 0 Å². The predicted molar refractivity (Wildman–Crippen MR) is 269 cm³/mol. The summed E-state index contributed by atoms with van der Waals surface area (Å²) in [6, 6.07) is 69.4. The second-order valence-corrected chi connectivity index (χ2v) is 19.1. The second-order valence-electron chi connectivity index (χ2n) is 19.1. The van der Waals surface area contributed by atoms with Crippen LogP contribution in [0.3, 0.4) is 0 Å². The molecule has 0 saturated carbocycles. The Labute approximate surface area is 404 Å². The van der Waals surface area contributed by atoms with Crippen LogP contribution in [0, 0.1) is 24.2 Å². The van der Waals surface area contributed by atoms with E-state index in [9.17, 15) is 0 Å². The van der Waals surface area contributed by atoms with Crippen molar-refractivity contribution in [3.05, 3.63) is 235 Å². The van der Waals surface area contributed by atoms with Gasteiger partial charge in [0.1, 0.15) is 5.82 Å². The van der Waals surface area contributed by atoms with E-state index in [2.05, 4.69) is 246 Å². The van der Waals surface area contributed by atoms with Gasteiger partial charge in [-0.25, -0.2) is 4.98 Å². The third-order valence-corrected chi connectivity index (χ3v) is 13.1. The molecule has 0 unspecified atom stereocenters. The molecule has 0 spiro atoms. The minimum atomic E-state index is -0.232. The van der Waals surface area contributed by atoms with E-state index in [1.807, 2.05) is 24.4 Å². The molecule has 0 atom stereocenters. The molecule has 5 nitrogen and oxygen atoms in total. The van der Waals surface area contributed by atoms with E-state index in [0.29, 0.717) is 11.5 Å². The number of nitrogens with zero attached hydrogens (tertiary/aromatic N) is 4. The van der Waals surface area contributed by atoms with Gasteiger partial charge < -0.3 is 19.1 Å². The number of para-hydroxylation sites is 1. The number of ether oxygens (including phenoxy) is 1. The van der Waals surface area contributed by atoms with Crippen LogP contribution in [0.1, 0.15) is 70.7 Å². The standard InChI is InChI=1S/C60H53N4O.Pt/c1-58(2,3)56-40-62(49-35-43(42-20-11-8-12-21-42)34-47(36-49)60(6,7)45-24-15-10-16-25-45)41-63(56)48-26-19-27-50(38-48)65-51-30-31-53-52-28-17-18-29-54(52)64(55(53)39-51)57-37-46(32-33-61-57)59(4,5)44-22-13-9-14-23-44;/h8-37,40-41H,1-7H3;/q-3;. The molecule has 0 bridgehead atoms. The van der Waals surface area contributed by atoms with Crippen molar-refractivity contribution in [2.75, 3.05) is 9.80 Å². The number of benzene rings is 7. The molecule has 9 aromatic rings. The Morgan fingerprint density at radius 2 is 1.17 bits per heavy atom. The molecular formula is C60H53N4OPt-3. The molecule has 0 amide bonds. The summed E-state index contributed by atoms with van der Waals surface area (Å²) < 4.78 is 8.89. The summed E-state index contributed by atoms with van der Waals surface area (Å²) in [6.07, 6.45) is 4.17. The molecule has 0 fully saturated rings. The van der Waals surface area contributed by atoms with Gasteiger partial charge >= 0.3 is 0 Å². The van der Waals surface area contributed by atoms with E-state index in [-0.39, 0.29) is 37.3 Å². The van der Waals surface area contributed by atoms with Gasteiger partial charge in [0, 0.05) is 71.9 Å². The number of fused-ring (bicyclic) bond motifs is 3. The molecule has 7 aromatic carbocycles. The SMILES string of the molecule is CC(C)(C)C1=CN(c2cc(-c3ccccc3)cc(C(C)(C)c3ccccc3)c2)[CH-]N1c1[c-]c(Oc2[c-]c3c(cc2)c2ccccc2n3-c2cc(C(C)(C)c3ccccc3)ccn2)ccc1.[Pt]. The predicted octanol–water partition coefficient (Wildman–Crippen LogP) is 15.2. The van der Waals surface area contributed by atoms with Crippen LogP contribution in [0.5, 0.6) is 11.5 Å². The van der Waals surface area contributed by atoms with Gasteiger partial charge in [0.25, 0.3) is 0 Å². The number of pyridine rings is 1. The molecule has 10 rings (SSSR count). The van der Waals surface area contributed by atoms with E-state index >= 15 is 0 Å². The zero-order valence-corrected chi connectivity index (χ0v) is 40.8. The molecule has 0 aliphatic carbocycles. The summed E-state index contributed by atoms with van der Waals surface area (Å²) in [5, 5.41) is 2.22. The molecule has 0 saturated heterocycles. The van der Waals surface area contributed by atoms with Crippen molar-refractivity contribution in [2.45, 2.75) is 59.3 Å². The maximum atomic E-state index is 6.68. The Hall–Kier alpha value is -6.68. The van der Waals surface area contributed by atoms with Gasteiger partial charge in [-0.15, -0.1) is 48.1 Å². The van der Waals surface area contributed by atoms with Gasteiger partial charge in [0.2, 0.25) is 0 Å². The van der Waals surface area contributed by atoms with Gasteiger partial charge in [-0.05, 0) is 75.3 Å². The number of hydrogen-bond donors (Lipinski definition) is 0. The van der Waals surface area contributed by atoms with Crippen molar-refractivity contribution in [3.63, 3.8) is 0 Å². The summed E-state index contributed by atoms with van der Waals surface area (Å²) in [6.45, 7) is 18.1. The van der Waals surface area contributed by atoms with Crippen LogP contribution in [-0.2, 0) is 31.9 Å². The third kappa shape index (κ3) is 8.38. The van der Waals surface area contributed by atoms with Crippen LogP contribution in [0.15, 0.2) is 194 Å². The first-order valence-corrected chi connectivity index (χ1v) is 22.4. The Balaban J connectivity index is 0.00000548. The molecule has 2 aromatic heterocycles. The normalized spacial score (nSPS) is 13.2. The fraction of sp³-hybridized carbons (Fsp3) is 0.167. The Morgan fingerprint density at radius 1 is 0.530 bits per heavy atom. The van der Waals surface area contributed by atoms with Crippen LogP contribution in [-0.4, -0.2) is 9.55 Å². The van der Waals surface area contributed by atoms with Crippen molar-refractivity contribution in [1.29, 1.82) is 0 Å². The zero-order chi connectivity index (χ0) is 44.9. The summed E-state index contributed by atoms with van der Waals surface area (Å²) in [5.41, 5.74) is 11.7. The van der Waals surface area contributed by atoms with Gasteiger partial charge in [-0.1, -0.05) is 169 Å². The van der Waals surface area contributed by atoms with Crippen molar-refractivity contribution in [3.8, 4) is 28.4 Å². The van der Waals surface area contributed by atoms with Gasteiger partial charge in [0.05, 0.1) is 0 Å². The van der Waals surface area contributed by atoms with Crippen molar-refractivity contribution >= 4 is 33.2 Å². The van der Waals surface area contributed by atoms with Gasteiger partial charge in [-0.2, -0.15) is 12.1 Å². The van der Waals surface area contributed by atoms with Gasteiger partial charge in [0.15, 0.2) is 0 Å². The van der Waals surface area contributed by atoms with E-state index in [1.54, 1.807) is 0 Å². The zero-order valence-electron chi connectivity index (χ0n) is 38.5. The number of hydrogen-bond acceptors (Lipinski definition) is 4. The molecular weight excluding hydrogens is 988 g/mol. The van der Waals surface area contributed by atoms with Gasteiger partial charge in [-0.3, -0.25) is 0 Å². The molecule has 0 radical (unpaired) electrons. The van der Waals surface area contributed by atoms with E-state index in [1.165, 1.54) is 33.4 Å². The number of rotatable bonds is 10. The Bertz CT molecular complexity index is 3200. The van der Waals surface area contributed by atoms with Crippen LogP contribution < -0.4 is 14.5 Å². The number of aromatic nitrogens is 2. The molecule has 1 aliphatic heterocycles. The first kappa shape index (κ1) is 44.5. The van der Waals surface area contributed by atoms with Crippen molar-refractivity contribution < 1.29 is 25.8 Å². The molecule has 0 N–H and O–H groups in total. The Kier molecular flexibility index (Phi) is 11.9. The molecule has 3 heterocycles. The fourth-order valence-electron chi connectivity index (χ4n) is 9.12. The maximum absolute atomic E-state index is 6.68. The van der Waals surface area contributed by atoms with Crippen LogP contribution >= 0.6 is 0 Å². The van der Waals surface area contributed by atoms with Crippen LogP contribution in [0.25, 0.3) is 38.8 Å². The van der Waals surface area contributed by atoms with E-state index in [4.69, 9.17) is 9.72 Å². The maximum Gasteiger partial charge on any atom is 0.135 e. The molecule has 1 aliphatic rings. The minimum Gasteiger partial charge on any atom is -0.509 e. The monoisotopic (exact) mass is 1040 g/mol. The Morgan fingerprint density at radius 3 is 1.86 bits per heavy atom. The van der Waals surface area contributed by atoms with Crippen molar-refractivity contribution in [1.82, 2.24) is 9.55 Å². The first-order chi connectivity index (χ1) is 31.3. The quantitative estimate of drug-likeness (QED) is 0.128. The summed E-state index contributed by atoms with van der Waals surface area (Å²) >= 11 is 0. The van der Waals surface area contributed by atoms with Crippen molar-refractivity contribution in [2.24, 2.45) is 5.41 Å². The van der Waals surface area contributed by atoms with Crippen LogP contribution in [0.4, 0.5) is 11.4 Å². The summed E-state index contributed by atoms with van der Waals surface area (Å²) in [7, 11) is 0.